The van der Waals surface area contributed by atoms with E-state index in [1.165, 1.54) is 12.6 Å². The van der Waals surface area contributed by atoms with Crippen LogP contribution < -0.4 is 10.8 Å². The van der Waals surface area contributed by atoms with Crippen molar-refractivity contribution in [3.05, 3.63) is 0 Å². The summed E-state index contributed by atoms with van der Waals surface area (Å²) in [5.41, 5.74) is 0.930. The second-order valence-corrected chi connectivity index (χ2v) is 8.16. The summed E-state index contributed by atoms with van der Waals surface area (Å²) in [5.74, 6) is -2.64. The third-order valence-corrected chi connectivity index (χ3v) is 3.79. The zero-order valence-corrected chi connectivity index (χ0v) is 17.1. The van der Waals surface area contributed by atoms with Gasteiger partial charge in [0.2, 0.25) is 5.91 Å². The minimum atomic E-state index is -1.18. The van der Waals surface area contributed by atoms with Gasteiger partial charge < -0.3 is 14.8 Å². The van der Waals surface area contributed by atoms with Crippen molar-refractivity contribution in [3.8, 4) is 0 Å². The molecule has 0 aromatic heterocycles. The molecular weight excluding hydrogens is 340 g/mol. The molecule has 0 heterocycles. The van der Waals surface area contributed by atoms with Gasteiger partial charge in [-0.2, -0.15) is 0 Å². The summed E-state index contributed by atoms with van der Waals surface area (Å²) in [5, 5.41) is 11.6. The molecule has 0 aliphatic rings. The smallest absolute Gasteiger partial charge is 0.329 e. The van der Waals surface area contributed by atoms with Crippen LogP contribution in [-0.4, -0.2) is 48.4 Å². The fourth-order valence-electron chi connectivity index (χ4n) is 2.57. The number of esters is 1. The third kappa shape index (κ3) is 7.70. The van der Waals surface area contributed by atoms with Crippen molar-refractivity contribution in [2.75, 3.05) is 7.11 Å². The van der Waals surface area contributed by atoms with Crippen LogP contribution in [0.5, 0.6) is 0 Å². The average molecular weight is 374 g/mol. The number of rotatable bonds is 9. The summed E-state index contributed by atoms with van der Waals surface area (Å²) in [4.78, 5) is 37.2. The molecule has 0 saturated heterocycles. The van der Waals surface area contributed by atoms with E-state index in [4.69, 9.17) is 14.7 Å². The molecule has 0 aliphatic heterocycles. The molecule has 0 spiro atoms. The number of amides is 2. The van der Waals surface area contributed by atoms with Gasteiger partial charge in [-0.05, 0) is 31.6 Å². The number of carbonyl (C=O) groups excluding carboxylic acids is 3. The fraction of sp³-hybridized carbons (Fsp3) is 0.833. The SMILES string of the molecule is CO[C@H](C(=O)NO)[C@@H](CC(C)C)C(=O)NC(C(=O)OC(C)C)C(C)(C)C. The zero-order valence-electron chi connectivity index (χ0n) is 17.1. The van der Waals surface area contributed by atoms with Crippen molar-refractivity contribution in [3.63, 3.8) is 0 Å². The summed E-state index contributed by atoms with van der Waals surface area (Å²) in [6.07, 6.45) is -1.15. The molecule has 3 N–H and O–H groups in total. The summed E-state index contributed by atoms with van der Waals surface area (Å²) < 4.78 is 10.4. The molecule has 0 aliphatic carbocycles. The van der Waals surface area contributed by atoms with E-state index in [-0.39, 0.29) is 12.0 Å². The fourth-order valence-corrected chi connectivity index (χ4v) is 2.57. The van der Waals surface area contributed by atoms with E-state index in [0.29, 0.717) is 6.42 Å². The topological polar surface area (TPSA) is 114 Å². The quantitative estimate of drug-likeness (QED) is 0.321. The molecule has 8 heteroatoms. The van der Waals surface area contributed by atoms with Gasteiger partial charge in [-0.3, -0.25) is 14.8 Å². The van der Waals surface area contributed by atoms with Crippen molar-refractivity contribution >= 4 is 17.8 Å². The lowest BCUT2D eigenvalue weighted by atomic mass is 9.85. The maximum Gasteiger partial charge on any atom is 0.329 e. The van der Waals surface area contributed by atoms with Gasteiger partial charge in [0.1, 0.15) is 12.1 Å². The minimum Gasteiger partial charge on any atom is -0.461 e. The van der Waals surface area contributed by atoms with E-state index in [1.807, 2.05) is 34.6 Å². The number of hydrogen-bond donors (Lipinski definition) is 3. The Hall–Kier alpha value is -1.67. The van der Waals surface area contributed by atoms with Gasteiger partial charge in [0, 0.05) is 7.11 Å². The van der Waals surface area contributed by atoms with Crippen LogP contribution in [0.3, 0.4) is 0 Å². The Morgan fingerprint density at radius 3 is 1.92 bits per heavy atom. The molecular formula is C18H34N2O6. The Balaban J connectivity index is 5.58. The average Bonchev–Trinajstić information content (AvgIpc) is 2.49. The largest absolute Gasteiger partial charge is 0.461 e. The highest BCUT2D eigenvalue weighted by atomic mass is 16.5. The van der Waals surface area contributed by atoms with Crippen molar-refractivity contribution < 1.29 is 29.1 Å². The Morgan fingerprint density at radius 2 is 1.58 bits per heavy atom. The first-order chi connectivity index (χ1) is 11.8. The zero-order chi connectivity index (χ0) is 20.7. The van der Waals surface area contributed by atoms with Gasteiger partial charge in [-0.25, -0.2) is 10.3 Å². The van der Waals surface area contributed by atoms with Crippen LogP contribution in [0.4, 0.5) is 0 Å². The summed E-state index contributed by atoms with van der Waals surface area (Å²) >= 11 is 0. The molecule has 3 atom stereocenters. The molecule has 26 heavy (non-hydrogen) atoms. The monoisotopic (exact) mass is 374 g/mol. The number of nitrogens with one attached hydrogen (secondary N) is 2. The van der Waals surface area contributed by atoms with Crippen molar-refractivity contribution in [2.45, 2.75) is 73.1 Å². The first-order valence-electron chi connectivity index (χ1n) is 8.82. The molecule has 0 fully saturated rings. The first-order valence-corrected chi connectivity index (χ1v) is 8.82. The van der Waals surface area contributed by atoms with E-state index in [2.05, 4.69) is 5.32 Å². The number of hydroxylamine groups is 1. The molecule has 2 amide bonds. The van der Waals surface area contributed by atoms with Gasteiger partial charge in [0.15, 0.2) is 0 Å². The Labute approximate surface area is 156 Å². The molecule has 152 valence electrons. The molecule has 0 aromatic carbocycles. The van der Waals surface area contributed by atoms with Crippen LogP contribution in [0.25, 0.3) is 0 Å². The van der Waals surface area contributed by atoms with Crippen LogP contribution in [0, 0.1) is 17.3 Å². The Bertz CT molecular complexity index is 485. The van der Waals surface area contributed by atoms with E-state index in [1.54, 1.807) is 13.8 Å². The molecule has 8 nitrogen and oxygen atoms in total. The number of hydrogen-bond acceptors (Lipinski definition) is 6. The highest BCUT2D eigenvalue weighted by molar-refractivity contribution is 5.91. The lowest BCUT2D eigenvalue weighted by molar-refractivity contribution is -0.156. The number of methoxy groups -OCH3 is 1. The predicted molar refractivity (Wildman–Crippen MR) is 96.3 cm³/mol. The van der Waals surface area contributed by atoms with Crippen molar-refractivity contribution in [1.82, 2.24) is 10.8 Å². The molecule has 0 rings (SSSR count). The second-order valence-electron chi connectivity index (χ2n) is 8.16. The van der Waals surface area contributed by atoms with Crippen LogP contribution in [-0.2, 0) is 23.9 Å². The minimum absolute atomic E-state index is 0.0885. The lowest BCUT2D eigenvalue weighted by Crippen LogP contribution is -2.55. The van der Waals surface area contributed by atoms with E-state index in [9.17, 15) is 14.4 Å². The normalized spacial score (nSPS) is 15.3. The van der Waals surface area contributed by atoms with Gasteiger partial charge >= 0.3 is 5.97 Å². The van der Waals surface area contributed by atoms with Crippen LogP contribution in [0.1, 0.15) is 54.9 Å². The Kier molecular flexibility index (Phi) is 9.80. The highest BCUT2D eigenvalue weighted by Gasteiger charge is 2.40. The van der Waals surface area contributed by atoms with E-state index >= 15 is 0 Å². The lowest BCUT2D eigenvalue weighted by Gasteiger charge is -2.33. The van der Waals surface area contributed by atoms with Crippen molar-refractivity contribution in [1.29, 1.82) is 0 Å². The maximum atomic E-state index is 12.9. The predicted octanol–water partition coefficient (Wildman–Crippen LogP) is 1.65. The third-order valence-electron chi connectivity index (χ3n) is 3.79. The summed E-state index contributed by atoms with van der Waals surface area (Å²) in [6.45, 7) is 12.7. The van der Waals surface area contributed by atoms with Crippen LogP contribution in [0.15, 0.2) is 0 Å². The molecule has 0 aromatic rings. The number of ether oxygens (including phenoxy) is 2. The van der Waals surface area contributed by atoms with Gasteiger partial charge in [0.25, 0.3) is 5.91 Å². The summed E-state index contributed by atoms with van der Waals surface area (Å²) in [7, 11) is 1.29. The summed E-state index contributed by atoms with van der Waals surface area (Å²) in [6, 6.07) is -0.887. The standard InChI is InChI=1S/C18H34N2O6/c1-10(2)9-12(13(25-8)16(22)20-24)15(21)19-14(18(5,6)7)17(23)26-11(3)4/h10-14,24H,9H2,1-8H3,(H,19,21)(H,20,22)/t12-,13+,14?/m1/s1. The van der Waals surface area contributed by atoms with Crippen LogP contribution >= 0.6 is 0 Å². The van der Waals surface area contributed by atoms with Gasteiger partial charge in [-0.1, -0.05) is 34.6 Å². The van der Waals surface area contributed by atoms with Gasteiger partial charge in [0.05, 0.1) is 12.0 Å². The molecule has 0 saturated carbocycles. The second kappa shape index (κ2) is 10.5. The molecule has 1 unspecified atom stereocenters. The van der Waals surface area contributed by atoms with E-state index < -0.39 is 41.3 Å². The van der Waals surface area contributed by atoms with Gasteiger partial charge in [-0.15, -0.1) is 0 Å². The molecule has 0 bridgehead atoms. The van der Waals surface area contributed by atoms with Crippen LogP contribution in [0.2, 0.25) is 0 Å². The highest BCUT2D eigenvalue weighted by Crippen LogP contribution is 2.24. The Morgan fingerprint density at radius 1 is 1.04 bits per heavy atom. The number of carbonyl (C=O) groups is 3. The van der Waals surface area contributed by atoms with Crippen molar-refractivity contribution in [2.24, 2.45) is 17.3 Å². The van der Waals surface area contributed by atoms with E-state index in [0.717, 1.165) is 0 Å². The molecule has 0 radical (unpaired) electrons. The maximum absolute atomic E-state index is 12.9. The first kappa shape index (κ1) is 24.3.